The molecule has 1 heterocycles. The lowest BCUT2D eigenvalue weighted by atomic mass is 9.88. The van der Waals surface area contributed by atoms with Crippen molar-refractivity contribution in [1.29, 1.82) is 0 Å². The van der Waals surface area contributed by atoms with E-state index in [4.69, 9.17) is 6.11 Å². The van der Waals surface area contributed by atoms with Crippen LogP contribution < -0.4 is 4.74 Å². The second-order valence-corrected chi connectivity index (χ2v) is 5.10. The Balaban J connectivity index is 2.02. The summed E-state index contributed by atoms with van der Waals surface area (Å²) in [6, 6.07) is 2.08. The smallest absolute Gasteiger partial charge is 0.202 e. The second kappa shape index (κ2) is 5.04. The number of aliphatic hydroxyl groups excluding tert-OH is 2. The van der Waals surface area contributed by atoms with Crippen molar-refractivity contribution in [2.24, 2.45) is 0 Å². The first-order valence-corrected chi connectivity index (χ1v) is 6.48. The molecule has 0 fully saturated rings. The van der Waals surface area contributed by atoms with E-state index in [9.17, 15) is 30.3 Å². The minimum Gasteiger partial charge on any atom is -0.510 e. The summed E-state index contributed by atoms with van der Waals surface area (Å²) in [5.41, 5.74) is -0.0304. The number of fused-ring (bicyclic) bond motifs is 1. The SMILES string of the molecule is [2H]C1(O)CC([C@H]2Oc3cc(O)cc(O)c3C(=O)[C@@H]2O)=CC=C1O. The molecule has 0 radical (unpaired) electrons. The molecule has 0 bridgehead atoms. The molecule has 2 aliphatic rings. The molecule has 1 aliphatic carbocycles. The van der Waals surface area contributed by atoms with Gasteiger partial charge in [-0.15, -0.1) is 0 Å². The average molecular weight is 307 g/mol. The highest BCUT2D eigenvalue weighted by molar-refractivity contribution is 6.05. The van der Waals surface area contributed by atoms with Gasteiger partial charge in [0.05, 0.1) is 1.37 Å². The van der Waals surface area contributed by atoms with E-state index in [0.717, 1.165) is 18.2 Å². The van der Waals surface area contributed by atoms with Gasteiger partial charge in [0.15, 0.2) is 12.2 Å². The Hall–Kier alpha value is -2.51. The number of phenols is 2. The molecule has 0 saturated carbocycles. The molecule has 5 N–H and O–H groups in total. The predicted octanol–water partition coefficient (Wildman–Crippen LogP) is 0.535. The van der Waals surface area contributed by atoms with Gasteiger partial charge >= 0.3 is 0 Å². The number of aromatic hydroxyl groups is 2. The number of rotatable bonds is 1. The van der Waals surface area contributed by atoms with E-state index in [-0.39, 0.29) is 29.1 Å². The monoisotopic (exact) mass is 307 g/mol. The van der Waals surface area contributed by atoms with E-state index >= 15 is 0 Å². The minimum absolute atomic E-state index is 0.115. The summed E-state index contributed by atoms with van der Waals surface area (Å²) >= 11 is 0. The molecule has 1 unspecified atom stereocenters. The quantitative estimate of drug-likeness (QED) is 0.512. The predicted molar refractivity (Wildman–Crippen MR) is 73.9 cm³/mol. The van der Waals surface area contributed by atoms with Crippen molar-refractivity contribution >= 4 is 5.78 Å². The molecule has 3 atom stereocenters. The Labute approximate surface area is 126 Å². The molecule has 116 valence electrons. The molecule has 0 saturated heterocycles. The van der Waals surface area contributed by atoms with Gasteiger partial charge in [0.1, 0.15) is 34.7 Å². The van der Waals surface area contributed by atoms with Gasteiger partial charge in [0.2, 0.25) is 5.78 Å². The summed E-state index contributed by atoms with van der Waals surface area (Å²) < 4.78 is 13.1. The van der Waals surface area contributed by atoms with Crippen molar-refractivity contribution in [3.63, 3.8) is 0 Å². The fourth-order valence-electron chi connectivity index (χ4n) is 2.51. The fourth-order valence-corrected chi connectivity index (χ4v) is 2.51. The average Bonchev–Trinajstić information content (AvgIpc) is 2.45. The minimum atomic E-state index is -2.28. The highest BCUT2D eigenvalue weighted by Gasteiger charge is 2.40. The van der Waals surface area contributed by atoms with Gasteiger partial charge in [-0.2, -0.15) is 0 Å². The van der Waals surface area contributed by atoms with Gasteiger partial charge in [0, 0.05) is 18.6 Å². The molecular weight excluding hydrogens is 292 g/mol. The number of benzene rings is 1. The Morgan fingerprint density at radius 1 is 1.18 bits per heavy atom. The first-order valence-electron chi connectivity index (χ1n) is 6.98. The van der Waals surface area contributed by atoms with Gasteiger partial charge in [-0.05, 0) is 11.6 Å². The van der Waals surface area contributed by atoms with Crippen LogP contribution in [0.1, 0.15) is 18.1 Å². The highest BCUT2D eigenvalue weighted by atomic mass is 16.5. The Morgan fingerprint density at radius 3 is 2.59 bits per heavy atom. The summed E-state index contributed by atoms with van der Waals surface area (Å²) in [6.45, 7) is 0. The lowest BCUT2D eigenvalue weighted by Crippen LogP contribution is -2.44. The Bertz CT molecular complexity index is 750. The second-order valence-electron chi connectivity index (χ2n) is 5.10. The third-order valence-corrected chi connectivity index (χ3v) is 3.61. The van der Waals surface area contributed by atoms with Crippen LogP contribution in [0.3, 0.4) is 0 Å². The molecule has 1 aromatic rings. The van der Waals surface area contributed by atoms with Crippen molar-refractivity contribution in [2.75, 3.05) is 0 Å². The number of aliphatic hydroxyl groups is 3. The van der Waals surface area contributed by atoms with Gasteiger partial charge in [-0.1, -0.05) is 6.08 Å². The Kier molecular flexibility index (Phi) is 3.02. The van der Waals surface area contributed by atoms with Gasteiger partial charge in [-0.3, -0.25) is 4.79 Å². The lowest BCUT2D eigenvalue weighted by molar-refractivity contribution is 0.0301. The molecule has 0 aromatic heterocycles. The third-order valence-electron chi connectivity index (χ3n) is 3.61. The lowest BCUT2D eigenvalue weighted by Gasteiger charge is -2.33. The summed E-state index contributed by atoms with van der Waals surface area (Å²) in [7, 11) is 0. The number of hydrogen-bond acceptors (Lipinski definition) is 7. The number of Topliss-reactive ketones (excluding diaryl/α,β-unsaturated/α-hetero) is 1. The molecule has 0 spiro atoms. The van der Waals surface area contributed by atoms with Gasteiger partial charge < -0.3 is 30.3 Å². The van der Waals surface area contributed by atoms with Crippen LogP contribution in [-0.4, -0.2) is 49.6 Å². The van der Waals surface area contributed by atoms with Gasteiger partial charge in [0.25, 0.3) is 0 Å². The van der Waals surface area contributed by atoms with Crippen molar-refractivity contribution < 1.29 is 36.4 Å². The number of carbonyl (C=O) groups excluding carboxylic acids is 1. The zero-order valence-electron chi connectivity index (χ0n) is 12.2. The molecule has 22 heavy (non-hydrogen) atoms. The number of allylic oxidation sites excluding steroid dienone is 2. The van der Waals surface area contributed by atoms with E-state index < -0.39 is 35.6 Å². The summed E-state index contributed by atoms with van der Waals surface area (Å²) in [5.74, 6) is -2.32. The molecule has 3 rings (SSSR count). The van der Waals surface area contributed by atoms with Crippen LogP contribution in [0.5, 0.6) is 17.2 Å². The maximum atomic E-state index is 12.3. The van der Waals surface area contributed by atoms with Crippen LogP contribution in [0.25, 0.3) is 0 Å². The highest BCUT2D eigenvalue weighted by Crippen LogP contribution is 2.40. The maximum absolute atomic E-state index is 12.3. The summed E-state index contributed by atoms with van der Waals surface area (Å²) in [4.78, 5) is 12.3. The number of phenolic OH excluding ortho intramolecular Hbond substituents is 2. The number of ketones is 1. The fraction of sp³-hybridized carbons (Fsp3) is 0.267. The maximum Gasteiger partial charge on any atom is 0.202 e. The molecule has 1 aliphatic heterocycles. The van der Waals surface area contributed by atoms with Crippen molar-refractivity contribution in [3.05, 3.63) is 41.2 Å². The van der Waals surface area contributed by atoms with Crippen LogP contribution in [0, 0.1) is 0 Å². The normalized spacial score (nSPS) is 31.5. The first-order chi connectivity index (χ1) is 10.7. The van der Waals surface area contributed by atoms with Crippen LogP contribution in [-0.2, 0) is 0 Å². The van der Waals surface area contributed by atoms with Crippen LogP contribution >= 0.6 is 0 Å². The van der Waals surface area contributed by atoms with Crippen molar-refractivity contribution in [2.45, 2.75) is 24.7 Å². The van der Waals surface area contributed by atoms with E-state index in [1.807, 2.05) is 0 Å². The van der Waals surface area contributed by atoms with Crippen LogP contribution in [0.4, 0.5) is 0 Å². The zero-order valence-corrected chi connectivity index (χ0v) is 11.2. The number of hydrogen-bond donors (Lipinski definition) is 5. The largest absolute Gasteiger partial charge is 0.510 e. The van der Waals surface area contributed by atoms with E-state index in [1.165, 1.54) is 6.08 Å². The molecule has 1 aromatic carbocycles. The van der Waals surface area contributed by atoms with Crippen molar-refractivity contribution in [3.8, 4) is 17.2 Å². The molecule has 7 heteroatoms. The standard InChI is InChI=1S/C15H14O7/c16-7-4-10(19)12-11(5-7)22-15(14(21)13(12)20)6-1-2-8(17)9(18)3-6/h1-2,4-5,9,14-19,21H,3H2/t9?,14-,15+/m0/s1/i9D. The van der Waals surface area contributed by atoms with E-state index in [1.54, 1.807) is 0 Å². The van der Waals surface area contributed by atoms with Crippen LogP contribution in [0.2, 0.25) is 0 Å². The first kappa shape index (κ1) is 13.2. The topological polar surface area (TPSA) is 127 Å². The zero-order chi connectivity index (χ0) is 16.9. The number of carbonyl (C=O) groups is 1. The van der Waals surface area contributed by atoms with Crippen molar-refractivity contribution in [1.82, 2.24) is 0 Å². The van der Waals surface area contributed by atoms with E-state index in [0.29, 0.717) is 0 Å². The summed E-state index contributed by atoms with van der Waals surface area (Å²) in [5, 5.41) is 48.6. The molecular formula is C15H14O7. The third kappa shape index (κ3) is 2.20. The van der Waals surface area contributed by atoms with Gasteiger partial charge in [-0.25, -0.2) is 0 Å². The molecule has 7 nitrogen and oxygen atoms in total. The Morgan fingerprint density at radius 2 is 1.91 bits per heavy atom. The summed E-state index contributed by atoms with van der Waals surface area (Å²) in [6.07, 6.45) is -3.09. The number of ether oxygens (including phenoxy) is 1. The van der Waals surface area contributed by atoms with E-state index in [2.05, 4.69) is 0 Å². The molecule has 0 amide bonds. The van der Waals surface area contributed by atoms with Crippen LogP contribution in [0.15, 0.2) is 35.6 Å².